The van der Waals surface area contributed by atoms with E-state index < -0.39 is 10.2 Å². The van der Waals surface area contributed by atoms with Gasteiger partial charge in [-0.05, 0) is 38.0 Å². The molecule has 1 aromatic heterocycles. The van der Waals surface area contributed by atoms with Gasteiger partial charge in [-0.25, -0.2) is 9.97 Å². The van der Waals surface area contributed by atoms with Crippen LogP contribution < -0.4 is 5.32 Å². The zero-order valence-electron chi connectivity index (χ0n) is 16.5. The summed E-state index contributed by atoms with van der Waals surface area (Å²) in [6, 6.07) is 13.2. The number of nitrogens with zero attached hydrogens (tertiary/aromatic N) is 3. The first-order valence-corrected chi connectivity index (χ1v) is 10.3. The fraction of sp³-hybridized carbons (Fsp3) is 0.190. The molecule has 7 nitrogen and oxygen atoms in total. The lowest BCUT2D eigenvalue weighted by Gasteiger charge is -2.17. The molecule has 0 aliphatic rings. The number of aryl methyl sites for hydroxylation is 2. The van der Waals surface area contributed by atoms with Crippen molar-refractivity contribution in [3.63, 3.8) is 0 Å². The summed E-state index contributed by atoms with van der Waals surface area (Å²) in [5, 5.41) is 13.6. The number of aromatic nitrogens is 2. The molecule has 1 heterocycles. The predicted molar refractivity (Wildman–Crippen MR) is 118 cm³/mol. The number of nitro benzene ring substituents is 1. The molecular weight excluding hydrogens is 424 g/mol. The molecule has 3 aromatic rings. The molecule has 2 aromatic carbocycles. The highest BCUT2D eigenvalue weighted by Crippen LogP contribution is 2.36. The van der Waals surface area contributed by atoms with Crippen molar-refractivity contribution in [1.82, 2.24) is 9.97 Å². The second kappa shape index (κ2) is 9.23. The van der Waals surface area contributed by atoms with E-state index in [-0.39, 0.29) is 16.6 Å². The van der Waals surface area contributed by atoms with Gasteiger partial charge in [0.25, 0.3) is 5.69 Å². The van der Waals surface area contributed by atoms with Crippen molar-refractivity contribution in [2.45, 2.75) is 31.2 Å². The summed E-state index contributed by atoms with van der Waals surface area (Å²) in [5.74, 6) is -0.332. The number of halogens is 1. The van der Waals surface area contributed by atoms with Crippen LogP contribution in [0.1, 0.15) is 27.8 Å². The molecule has 154 valence electrons. The molecular formula is C21H19ClN4O3S. The largest absolute Gasteiger partial charge is 0.323 e. The van der Waals surface area contributed by atoms with Crippen LogP contribution in [-0.4, -0.2) is 20.8 Å². The van der Waals surface area contributed by atoms with Crippen molar-refractivity contribution in [1.29, 1.82) is 0 Å². The quantitative estimate of drug-likeness (QED) is 0.236. The number of carbonyl (C=O) groups excluding carboxylic acids is 1. The van der Waals surface area contributed by atoms with Crippen LogP contribution in [0.5, 0.6) is 0 Å². The van der Waals surface area contributed by atoms with Gasteiger partial charge in [-0.15, -0.1) is 0 Å². The summed E-state index contributed by atoms with van der Waals surface area (Å²) in [6.07, 6.45) is 0. The topological polar surface area (TPSA) is 98.0 Å². The number of amides is 1. The fourth-order valence-electron chi connectivity index (χ4n) is 2.72. The average Bonchev–Trinajstić information content (AvgIpc) is 2.72. The summed E-state index contributed by atoms with van der Waals surface area (Å²) in [7, 11) is 0. The van der Waals surface area contributed by atoms with E-state index in [2.05, 4.69) is 15.3 Å². The van der Waals surface area contributed by atoms with Crippen LogP contribution in [0, 0.1) is 30.9 Å². The summed E-state index contributed by atoms with van der Waals surface area (Å²) >= 11 is 7.37. The number of hydrogen-bond acceptors (Lipinski definition) is 6. The van der Waals surface area contributed by atoms with Crippen molar-refractivity contribution in [2.24, 2.45) is 0 Å². The van der Waals surface area contributed by atoms with Crippen molar-refractivity contribution in [2.75, 3.05) is 5.32 Å². The van der Waals surface area contributed by atoms with Crippen LogP contribution in [0.15, 0.2) is 53.7 Å². The van der Waals surface area contributed by atoms with Crippen LogP contribution in [0.3, 0.4) is 0 Å². The van der Waals surface area contributed by atoms with Gasteiger partial charge in [0.1, 0.15) is 5.25 Å². The van der Waals surface area contributed by atoms with E-state index in [0.29, 0.717) is 10.8 Å². The summed E-state index contributed by atoms with van der Waals surface area (Å²) < 4.78 is 0. The van der Waals surface area contributed by atoms with Gasteiger partial charge in [0.05, 0.1) is 15.6 Å². The molecule has 0 radical (unpaired) electrons. The highest BCUT2D eigenvalue weighted by atomic mass is 35.5. The molecule has 0 saturated carbocycles. The second-order valence-electron chi connectivity index (χ2n) is 6.62. The minimum atomic E-state index is -0.640. The van der Waals surface area contributed by atoms with E-state index >= 15 is 0 Å². The molecule has 0 saturated heterocycles. The maximum absolute atomic E-state index is 13.1. The number of benzene rings is 2. The molecule has 30 heavy (non-hydrogen) atoms. The maximum atomic E-state index is 13.1. The van der Waals surface area contributed by atoms with E-state index in [4.69, 9.17) is 11.6 Å². The Morgan fingerprint density at radius 2 is 1.73 bits per heavy atom. The molecule has 0 aliphatic heterocycles. The minimum Gasteiger partial charge on any atom is -0.323 e. The Labute approximate surface area is 183 Å². The molecule has 1 N–H and O–H groups in total. The van der Waals surface area contributed by atoms with E-state index in [1.54, 1.807) is 0 Å². The van der Waals surface area contributed by atoms with Gasteiger partial charge >= 0.3 is 0 Å². The van der Waals surface area contributed by atoms with E-state index in [1.165, 1.54) is 30.0 Å². The van der Waals surface area contributed by atoms with Crippen LogP contribution in [0.2, 0.25) is 5.02 Å². The molecule has 1 amide bonds. The Morgan fingerprint density at radius 3 is 2.30 bits per heavy atom. The minimum absolute atomic E-state index is 0.0904. The Kier molecular flexibility index (Phi) is 6.69. The van der Waals surface area contributed by atoms with Gasteiger partial charge in [-0.3, -0.25) is 14.9 Å². The van der Waals surface area contributed by atoms with Crippen molar-refractivity contribution >= 4 is 40.6 Å². The standard InChI is InChI=1S/C21H19ClN4O3S/c1-12-13(2)23-21(24-14(12)3)30-19(15-7-5-4-6-8-15)20(27)25-18-10-9-16(26(28)29)11-17(18)22/h4-11,19H,1-3H3,(H,25,27)/t19-/m0/s1. The normalized spacial score (nSPS) is 11.7. The van der Waals surface area contributed by atoms with Crippen LogP contribution in [0.25, 0.3) is 0 Å². The Morgan fingerprint density at radius 1 is 1.10 bits per heavy atom. The lowest BCUT2D eigenvalue weighted by Crippen LogP contribution is -2.19. The number of anilines is 1. The number of carbonyl (C=O) groups is 1. The van der Waals surface area contributed by atoms with Crippen molar-refractivity contribution in [3.05, 3.63) is 86.2 Å². The number of thioether (sulfide) groups is 1. The summed E-state index contributed by atoms with van der Waals surface area (Å²) in [4.78, 5) is 32.5. The van der Waals surface area contributed by atoms with Gasteiger partial charge in [0.2, 0.25) is 5.91 Å². The first-order chi connectivity index (χ1) is 14.3. The van der Waals surface area contributed by atoms with Crippen LogP contribution in [0.4, 0.5) is 11.4 Å². The molecule has 0 spiro atoms. The van der Waals surface area contributed by atoms with Gasteiger partial charge in [0.15, 0.2) is 5.16 Å². The van der Waals surface area contributed by atoms with Crippen LogP contribution in [-0.2, 0) is 4.79 Å². The Bertz CT molecular complexity index is 1090. The van der Waals surface area contributed by atoms with Crippen molar-refractivity contribution < 1.29 is 9.72 Å². The predicted octanol–water partition coefficient (Wildman–Crippen LogP) is 5.44. The molecule has 1 atom stereocenters. The Balaban J connectivity index is 1.91. The van der Waals surface area contributed by atoms with E-state index in [9.17, 15) is 14.9 Å². The lowest BCUT2D eigenvalue weighted by atomic mass is 10.1. The smallest absolute Gasteiger partial charge is 0.271 e. The SMILES string of the molecule is Cc1nc(S[C@H](C(=O)Nc2ccc([N+](=O)[O-])cc2Cl)c2ccccc2)nc(C)c1C. The van der Waals surface area contributed by atoms with Gasteiger partial charge in [0, 0.05) is 23.5 Å². The number of rotatable bonds is 6. The third kappa shape index (κ3) is 4.95. The van der Waals surface area contributed by atoms with Gasteiger partial charge in [-0.2, -0.15) is 0 Å². The summed E-state index contributed by atoms with van der Waals surface area (Å²) in [6.45, 7) is 5.77. The number of non-ortho nitro benzene ring substituents is 1. The second-order valence-corrected chi connectivity index (χ2v) is 8.10. The van der Waals surface area contributed by atoms with E-state index in [0.717, 1.165) is 22.5 Å². The van der Waals surface area contributed by atoms with Crippen LogP contribution >= 0.6 is 23.4 Å². The first kappa shape index (κ1) is 21.7. The highest BCUT2D eigenvalue weighted by molar-refractivity contribution is 8.00. The Hall–Kier alpha value is -2.97. The first-order valence-electron chi connectivity index (χ1n) is 9.04. The molecule has 0 bridgehead atoms. The third-order valence-electron chi connectivity index (χ3n) is 4.60. The average molecular weight is 443 g/mol. The molecule has 0 aliphatic carbocycles. The maximum Gasteiger partial charge on any atom is 0.271 e. The summed E-state index contributed by atoms with van der Waals surface area (Å²) in [5.41, 5.74) is 3.65. The molecule has 0 fully saturated rings. The number of nitro groups is 1. The molecule has 9 heteroatoms. The monoisotopic (exact) mass is 442 g/mol. The highest BCUT2D eigenvalue weighted by Gasteiger charge is 2.25. The lowest BCUT2D eigenvalue weighted by molar-refractivity contribution is -0.384. The zero-order chi connectivity index (χ0) is 21.8. The number of hydrogen-bond donors (Lipinski definition) is 1. The van der Waals surface area contributed by atoms with E-state index in [1.807, 2.05) is 51.1 Å². The fourth-order valence-corrected chi connectivity index (χ4v) is 3.99. The van der Waals surface area contributed by atoms with Gasteiger partial charge < -0.3 is 5.32 Å². The molecule has 0 unspecified atom stereocenters. The molecule has 3 rings (SSSR count). The number of nitrogens with one attached hydrogen (secondary N) is 1. The van der Waals surface area contributed by atoms with Crippen molar-refractivity contribution in [3.8, 4) is 0 Å². The third-order valence-corrected chi connectivity index (χ3v) is 6.03. The zero-order valence-corrected chi connectivity index (χ0v) is 18.1. The van der Waals surface area contributed by atoms with Gasteiger partial charge in [-0.1, -0.05) is 53.7 Å².